The summed E-state index contributed by atoms with van der Waals surface area (Å²) in [5.41, 5.74) is 1.69. The Balaban J connectivity index is 1.87. The predicted molar refractivity (Wildman–Crippen MR) is 96.0 cm³/mol. The van der Waals surface area contributed by atoms with Crippen LogP contribution < -0.4 is 5.32 Å². The van der Waals surface area contributed by atoms with Gasteiger partial charge in [0.15, 0.2) is 0 Å². The molecule has 0 saturated heterocycles. The van der Waals surface area contributed by atoms with Crippen molar-refractivity contribution in [1.29, 1.82) is 5.26 Å². The van der Waals surface area contributed by atoms with Crippen LogP contribution in [0.5, 0.6) is 0 Å². The van der Waals surface area contributed by atoms with Crippen LogP contribution in [-0.2, 0) is 10.3 Å². The first-order valence-corrected chi connectivity index (χ1v) is 8.56. The summed E-state index contributed by atoms with van der Waals surface area (Å²) in [6.45, 7) is 3.68. The Morgan fingerprint density at radius 1 is 1.48 bits per heavy atom. The number of aromatic nitrogens is 2. The van der Waals surface area contributed by atoms with Crippen molar-refractivity contribution in [2.24, 2.45) is 0 Å². The summed E-state index contributed by atoms with van der Waals surface area (Å²) in [7, 11) is 0. The molecule has 23 heavy (non-hydrogen) atoms. The molecule has 0 bridgehead atoms. The van der Waals surface area contributed by atoms with Gasteiger partial charge in [0.2, 0.25) is 0 Å². The summed E-state index contributed by atoms with van der Waals surface area (Å²) in [6.07, 6.45) is 5.80. The van der Waals surface area contributed by atoms with Gasteiger partial charge in [-0.25, -0.2) is 0 Å². The van der Waals surface area contributed by atoms with Crippen molar-refractivity contribution in [3.05, 3.63) is 45.3 Å². The lowest BCUT2D eigenvalue weighted by atomic mass is 10.0. The number of hydrogen-bond acceptors (Lipinski definition) is 3. The number of nitrogens with one attached hydrogen (secondary N) is 1. The molecular weight excluding hydrogens is 403 g/mol. The maximum Gasteiger partial charge on any atom is 0.251 e. The van der Waals surface area contributed by atoms with Crippen LogP contribution >= 0.6 is 22.6 Å². The Labute approximate surface area is 148 Å². The molecule has 1 fully saturated rings. The minimum atomic E-state index is -0.794. The van der Waals surface area contributed by atoms with Crippen molar-refractivity contribution >= 4 is 34.2 Å². The molecule has 2 aromatic rings. The van der Waals surface area contributed by atoms with Crippen LogP contribution in [0.3, 0.4) is 0 Å². The molecule has 1 aromatic heterocycles. The van der Waals surface area contributed by atoms with E-state index in [4.69, 9.17) is 5.26 Å². The largest absolute Gasteiger partial charge is 0.324 e. The maximum atomic E-state index is 12.8. The topological polar surface area (TPSA) is 70.7 Å². The highest BCUT2D eigenvalue weighted by Crippen LogP contribution is 2.44. The average Bonchev–Trinajstić information content (AvgIpc) is 3.28. The molecule has 6 heteroatoms. The van der Waals surface area contributed by atoms with Gasteiger partial charge in [-0.05, 0) is 79.0 Å². The van der Waals surface area contributed by atoms with E-state index in [0.29, 0.717) is 11.5 Å². The smallest absolute Gasteiger partial charge is 0.251 e. The minimum absolute atomic E-state index is 0.122. The highest BCUT2D eigenvalue weighted by Gasteiger charge is 2.33. The molecule has 1 saturated carbocycles. The molecule has 1 aliphatic carbocycles. The summed E-state index contributed by atoms with van der Waals surface area (Å²) in [5.74, 6) is 0.330. The van der Waals surface area contributed by atoms with E-state index < -0.39 is 5.54 Å². The molecule has 1 amide bonds. The minimum Gasteiger partial charge on any atom is -0.324 e. The number of amides is 1. The Morgan fingerprint density at radius 2 is 2.22 bits per heavy atom. The van der Waals surface area contributed by atoms with Crippen LogP contribution in [0, 0.1) is 14.9 Å². The van der Waals surface area contributed by atoms with Gasteiger partial charge in [-0.2, -0.15) is 10.4 Å². The second kappa shape index (κ2) is 5.96. The Bertz CT molecular complexity index is 799. The number of hydrogen-bond donors (Lipinski definition) is 1. The summed E-state index contributed by atoms with van der Waals surface area (Å²) < 4.78 is 2.66. The first kappa shape index (κ1) is 16.0. The van der Waals surface area contributed by atoms with E-state index in [0.717, 1.165) is 27.7 Å². The zero-order valence-corrected chi connectivity index (χ0v) is 15.2. The molecule has 5 nitrogen and oxygen atoms in total. The van der Waals surface area contributed by atoms with Gasteiger partial charge in [0.25, 0.3) is 5.91 Å². The predicted octanol–water partition coefficient (Wildman–Crippen LogP) is 3.61. The van der Waals surface area contributed by atoms with Crippen LogP contribution in [0.1, 0.15) is 43.7 Å². The quantitative estimate of drug-likeness (QED) is 0.769. The fraction of sp³-hybridized carbons (Fsp3) is 0.353. The molecule has 0 aliphatic heterocycles. The fourth-order valence-corrected chi connectivity index (χ4v) is 2.85. The van der Waals surface area contributed by atoms with Gasteiger partial charge >= 0.3 is 0 Å². The molecule has 3 rings (SSSR count). The third kappa shape index (κ3) is 3.24. The van der Waals surface area contributed by atoms with E-state index in [1.165, 1.54) is 0 Å². The van der Waals surface area contributed by atoms with Crippen LogP contribution in [-0.4, -0.2) is 15.7 Å². The lowest BCUT2D eigenvalue weighted by Crippen LogP contribution is -2.40. The molecule has 0 atom stereocenters. The number of nitriles is 1. The number of carbonyl (C=O) groups excluding carboxylic acids is 1. The molecule has 118 valence electrons. The Kier molecular flexibility index (Phi) is 4.15. The second-order valence-corrected chi connectivity index (χ2v) is 7.55. The van der Waals surface area contributed by atoms with Crippen molar-refractivity contribution in [3.63, 3.8) is 0 Å². The number of benzene rings is 1. The third-order valence-electron chi connectivity index (χ3n) is 4.13. The maximum absolute atomic E-state index is 12.8. The summed E-state index contributed by atoms with van der Waals surface area (Å²) in [6, 6.07) is 7.62. The standard InChI is InChI=1S/C17H17IN4O/c1-17(2,22-10-13(18)9-20-22)16(23)21-15-6-3-11(8-19)7-14(15)12-4-5-12/h3,6-7,9-10,12H,4-5H2,1-2H3,(H,21,23). The van der Waals surface area contributed by atoms with Crippen LogP contribution in [0.15, 0.2) is 30.6 Å². The number of nitrogens with zero attached hydrogens (tertiary/aromatic N) is 3. The van der Waals surface area contributed by atoms with Gasteiger partial charge in [-0.3, -0.25) is 9.48 Å². The number of rotatable bonds is 4. The number of anilines is 1. The van der Waals surface area contributed by atoms with Gasteiger partial charge in [-0.15, -0.1) is 0 Å². The molecule has 0 spiro atoms. The first-order valence-electron chi connectivity index (χ1n) is 7.48. The number of carbonyl (C=O) groups is 1. The normalized spacial score (nSPS) is 14.3. The Morgan fingerprint density at radius 3 is 2.78 bits per heavy atom. The monoisotopic (exact) mass is 420 g/mol. The summed E-state index contributed by atoms with van der Waals surface area (Å²) in [4.78, 5) is 12.8. The van der Waals surface area contributed by atoms with Crippen molar-refractivity contribution in [3.8, 4) is 6.07 Å². The van der Waals surface area contributed by atoms with Crippen LogP contribution in [0.2, 0.25) is 0 Å². The molecule has 1 heterocycles. The van der Waals surface area contributed by atoms with E-state index >= 15 is 0 Å². The average molecular weight is 420 g/mol. The summed E-state index contributed by atoms with van der Waals surface area (Å²) >= 11 is 2.17. The van der Waals surface area contributed by atoms with Crippen molar-refractivity contribution in [2.75, 3.05) is 5.32 Å². The van der Waals surface area contributed by atoms with E-state index in [1.807, 2.05) is 32.2 Å². The molecule has 0 unspecified atom stereocenters. The highest BCUT2D eigenvalue weighted by molar-refractivity contribution is 14.1. The van der Waals surface area contributed by atoms with Gasteiger partial charge in [0.1, 0.15) is 5.54 Å². The first-order chi connectivity index (χ1) is 10.9. The summed E-state index contributed by atoms with van der Waals surface area (Å²) in [5, 5.41) is 16.3. The number of halogens is 1. The lowest BCUT2D eigenvalue weighted by molar-refractivity contribution is -0.123. The molecular formula is C17H17IN4O. The van der Waals surface area contributed by atoms with Gasteiger partial charge in [-0.1, -0.05) is 0 Å². The second-order valence-electron chi connectivity index (χ2n) is 6.30. The van der Waals surface area contributed by atoms with Crippen molar-refractivity contribution in [1.82, 2.24) is 9.78 Å². The molecule has 1 aliphatic rings. The van der Waals surface area contributed by atoms with E-state index in [9.17, 15) is 4.79 Å². The third-order valence-corrected chi connectivity index (χ3v) is 4.68. The van der Waals surface area contributed by atoms with Crippen molar-refractivity contribution < 1.29 is 4.79 Å². The molecule has 0 radical (unpaired) electrons. The Hall–Kier alpha value is -1.88. The SMILES string of the molecule is CC(C)(C(=O)Nc1ccc(C#N)cc1C1CC1)n1cc(I)cn1. The van der Waals surface area contributed by atoms with Crippen LogP contribution in [0.4, 0.5) is 5.69 Å². The van der Waals surface area contributed by atoms with E-state index in [2.05, 4.69) is 39.1 Å². The van der Waals surface area contributed by atoms with Crippen LogP contribution in [0.25, 0.3) is 0 Å². The fourth-order valence-electron chi connectivity index (χ4n) is 2.46. The van der Waals surface area contributed by atoms with Gasteiger partial charge in [0, 0.05) is 11.9 Å². The molecule has 1 N–H and O–H groups in total. The highest BCUT2D eigenvalue weighted by atomic mass is 127. The van der Waals surface area contributed by atoms with Gasteiger partial charge in [0.05, 0.1) is 21.4 Å². The van der Waals surface area contributed by atoms with E-state index in [-0.39, 0.29) is 5.91 Å². The zero-order chi connectivity index (χ0) is 16.6. The van der Waals surface area contributed by atoms with Gasteiger partial charge < -0.3 is 5.32 Å². The van der Waals surface area contributed by atoms with E-state index in [1.54, 1.807) is 16.9 Å². The van der Waals surface area contributed by atoms with Crippen molar-refractivity contribution in [2.45, 2.75) is 38.1 Å². The zero-order valence-electron chi connectivity index (χ0n) is 13.0. The molecule has 1 aromatic carbocycles. The lowest BCUT2D eigenvalue weighted by Gasteiger charge is -2.25.